The molecule has 0 saturated carbocycles. The van der Waals surface area contributed by atoms with Crippen molar-refractivity contribution in [3.05, 3.63) is 46.8 Å². The van der Waals surface area contributed by atoms with Gasteiger partial charge in [-0.2, -0.15) is 0 Å². The summed E-state index contributed by atoms with van der Waals surface area (Å²) in [5, 5.41) is 0.350. The summed E-state index contributed by atoms with van der Waals surface area (Å²) < 4.78 is 5.49. The summed E-state index contributed by atoms with van der Waals surface area (Å²) in [4.78, 5) is 16.5. The molecule has 0 aliphatic carbocycles. The predicted octanol–water partition coefficient (Wildman–Crippen LogP) is 3.96. The Morgan fingerprint density at radius 1 is 1.21 bits per heavy atom. The Hall–Kier alpha value is -1.55. The van der Waals surface area contributed by atoms with Crippen molar-refractivity contribution in [3.8, 4) is 0 Å². The molecule has 100 valence electrons. The third-order valence-electron chi connectivity index (χ3n) is 2.99. The van der Waals surface area contributed by atoms with Crippen LogP contribution in [0.4, 0.5) is 0 Å². The standard InChI is InChI=1S/C15H17NO2S/c1-9-5-7-13(8-6-9)14(17)12(4)19-15-16-10(2)11(3)18-15/h5-8,12H,1-4H3. The van der Waals surface area contributed by atoms with E-state index in [4.69, 9.17) is 4.42 Å². The second-order valence-electron chi connectivity index (χ2n) is 4.61. The van der Waals surface area contributed by atoms with Gasteiger partial charge in [-0.05, 0) is 27.7 Å². The van der Waals surface area contributed by atoms with Gasteiger partial charge in [-0.3, -0.25) is 4.79 Å². The largest absolute Gasteiger partial charge is 0.437 e. The lowest BCUT2D eigenvalue weighted by molar-refractivity contribution is 0.0993. The Labute approximate surface area is 117 Å². The number of ketones is 1. The molecule has 1 heterocycles. The normalized spacial score (nSPS) is 12.4. The van der Waals surface area contributed by atoms with Gasteiger partial charge in [-0.25, -0.2) is 4.98 Å². The Balaban J connectivity index is 2.09. The highest BCUT2D eigenvalue weighted by Gasteiger charge is 2.19. The first kappa shape index (κ1) is 13.9. The first-order chi connectivity index (χ1) is 8.97. The van der Waals surface area contributed by atoms with Crippen LogP contribution in [0.25, 0.3) is 0 Å². The molecule has 0 fully saturated rings. The first-order valence-electron chi connectivity index (χ1n) is 6.19. The van der Waals surface area contributed by atoms with Crippen molar-refractivity contribution < 1.29 is 9.21 Å². The highest BCUT2D eigenvalue weighted by atomic mass is 32.2. The van der Waals surface area contributed by atoms with Gasteiger partial charge in [0.25, 0.3) is 5.22 Å². The van der Waals surface area contributed by atoms with Crippen LogP contribution in [0.15, 0.2) is 33.9 Å². The van der Waals surface area contributed by atoms with Gasteiger partial charge < -0.3 is 4.42 Å². The summed E-state index contributed by atoms with van der Waals surface area (Å²) in [5.41, 5.74) is 2.75. The van der Waals surface area contributed by atoms with E-state index in [1.165, 1.54) is 11.8 Å². The van der Waals surface area contributed by atoms with Crippen LogP contribution in [0.5, 0.6) is 0 Å². The van der Waals surface area contributed by atoms with Crippen LogP contribution in [-0.4, -0.2) is 16.0 Å². The first-order valence-corrected chi connectivity index (χ1v) is 7.07. The zero-order valence-corrected chi connectivity index (χ0v) is 12.4. The second kappa shape index (κ2) is 5.61. The summed E-state index contributed by atoms with van der Waals surface area (Å²) in [7, 11) is 0. The minimum Gasteiger partial charge on any atom is -0.437 e. The number of oxazole rings is 1. The molecule has 2 aromatic rings. The van der Waals surface area contributed by atoms with E-state index in [1.807, 2.05) is 52.0 Å². The van der Waals surface area contributed by atoms with Gasteiger partial charge in [0.15, 0.2) is 5.78 Å². The zero-order chi connectivity index (χ0) is 14.0. The third-order valence-corrected chi connectivity index (χ3v) is 3.94. The van der Waals surface area contributed by atoms with Crippen LogP contribution in [0, 0.1) is 20.8 Å². The molecule has 0 aliphatic heterocycles. The highest BCUT2D eigenvalue weighted by Crippen LogP contribution is 2.26. The molecule has 2 rings (SSSR count). The Morgan fingerprint density at radius 3 is 2.37 bits per heavy atom. The number of hydrogen-bond acceptors (Lipinski definition) is 4. The van der Waals surface area contributed by atoms with Crippen molar-refractivity contribution >= 4 is 17.5 Å². The van der Waals surface area contributed by atoms with Gasteiger partial charge in [0.05, 0.1) is 10.9 Å². The van der Waals surface area contributed by atoms with E-state index in [9.17, 15) is 4.79 Å². The van der Waals surface area contributed by atoms with Gasteiger partial charge in [-0.15, -0.1) is 0 Å². The average molecular weight is 275 g/mol. The molecule has 1 unspecified atom stereocenters. The van der Waals surface area contributed by atoms with Gasteiger partial charge >= 0.3 is 0 Å². The molecule has 0 spiro atoms. The molecular weight excluding hydrogens is 258 g/mol. The summed E-state index contributed by atoms with van der Waals surface area (Å²) in [6, 6.07) is 7.62. The molecule has 4 heteroatoms. The van der Waals surface area contributed by atoms with Crippen molar-refractivity contribution in [1.82, 2.24) is 4.98 Å². The number of nitrogens with zero attached hydrogens (tertiary/aromatic N) is 1. The van der Waals surface area contributed by atoms with Crippen LogP contribution in [-0.2, 0) is 0 Å². The topological polar surface area (TPSA) is 43.1 Å². The van der Waals surface area contributed by atoms with Crippen molar-refractivity contribution in [1.29, 1.82) is 0 Å². The van der Waals surface area contributed by atoms with Crippen LogP contribution in [0.1, 0.15) is 34.3 Å². The van der Waals surface area contributed by atoms with E-state index in [0.717, 1.165) is 22.6 Å². The van der Waals surface area contributed by atoms with E-state index < -0.39 is 0 Å². The Bertz CT molecular complexity index is 567. The molecule has 3 nitrogen and oxygen atoms in total. The fourth-order valence-electron chi connectivity index (χ4n) is 1.65. The predicted molar refractivity (Wildman–Crippen MR) is 76.8 cm³/mol. The smallest absolute Gasteiger partial charge is 0.256 e. The van der Waals surface area contributed by atoms with Crippen molar-refractivity contribution in [2.24, 2.45) is 0 Å². The number of carbonyl (C=O) groups excluding carboxylic acids is 1. The molecule has 0 radical (unpaired) electrons. The van der Waals surface area contributed by atoms with E-state index >= 15 is 0 Å². The third kappa shape index (κ3) is 3.26. The number of aromatic nitrogens is 1. The average Bonchev–Trinajstić information content (AvgIpc) is 2.68. The molecular formula is C15H17NO2S. The lowest BCUT2D eigenvalue weighted by Crippen LogP contribution is -2.13. The summed E-state index contributed by atoms with van der Waals surface area (Å²) in [6.45, 7) is 7.65. The van der Waals surface area contributed by atoms with Gasteiger partial charge in [0.1, 0.15) is 5.76 Å². The van der Waals surface area contributed by atoms with E-state index in [0.29, 0.717) is 5.22 Å². The molecule has 1 atom stereocenters. The van der Waals surface area contributed by atoms with Crippen molar-refractivity contribution in [3.63, 3.8) is 0 Å². The molecule has 1 aromatic heterocycles. The lowest BCUT2D eigenvalue weighted by atomic mass is 10.1. The van der Waals surface area contributed by atoms with E-state index in [2.05, 4.69) is 4.98 Å². The number of thioether (sulfide) groups is 1. The monoisotopic (exact) mass is 275 g/mol. The van der Waals surface area contributed by atoms with Crippen LogP contribution in [0.2, 0.25) is 0 Å². The fraction of sp³-hybridized carbons (Fsp3) is 0.333. The SMILES string of the molecule is Cc1ccc(C(=O)C(C)Sc2nc(C)c(C)o2)cc1. The maximum absolute atomic E-state index is 12.3. The molecule has 0 aliphatic rings. The summed E-state index contributed by atoms with van der Waals surface area (Å²) >= 11 is 1.36. The summed E-state index contributed by atoms with van der Waals surface area (Å²) in [6.07, 6.45) is 0. The van der Waals surface area contributed by atoms with Crippen molar-refractivity contribution in [2.75, 3.05) is 0 Å². The maximum Gasteiger partial charge on any atom is 0.256 e. The number of hydrogen-bond donors (Lipinski definition) is 0. The quantitative estimate of drug-likeness (QED) is 0.625. The minimum atomic E-state index is -0.208. The van der Waals surface area contributed by atoms with Gasteiger partial charge in [-0.1, -0.05) is 41.6 Å². The second-order valence-corrected chi connectivity index (χ2v) is 5.90. The molecule has 0 bridgehead atoms. The molecule has 0 amide bonds. The van der Waals surface area contributed by atoms with E-state index in [1.54, 1.807) is 0 Å². The lowest BCUT2D eigenvalue weighted by Gasteiger charge is -2.07. The van der Waals surface area contributed by atoms with Gasteiger partial charge in [0, 0.05) is 5.56 Å². The molecule has 1 aromatic carbocycles. The van der Waals surface area contributed by atoms with Crippen LogP contribution >= 0.6 is 11.8 Å². The number of rotatable bonds is 4. The summed E-state index contributed by atoms with van der Waals surface area (Å²) in [5.74, 6) is 0.899. The zero-order valence-electron chi connectivity index (χ0n) is 11.6. The minimum absolute atomic E-state index is 0.0958. The molecule has 0 N–H and O–H groups in total. The maximum atomic E-state index is 12.3. The van der Waals surface area contributed by atoms with Crippen LogP contribution in [0.3, 0.4) is 0 Å². The highest BCUT2D eigenvalue weighted by molar-refractivity contribution is 8.00. The van der Waals surface area contributed by atoms with Crippen LogP contribution < -0.4 is 0 Å². The Morgan fingerprint density at radius 2 is 1.84 bits per heavy atom. The Kier molecular flexibility index (Phi) is 4.10. The van der Waals surface area contributed by atoms with E-state index in [-0.39, 0.29) is 11.0 Å². The number of aryl methyl sites for hydroxylation is 3. The number of carbonyl (C=O) groups is 1. The molecule has 19 heavy (non-hydrogen) atoms. The number of benzene rings is 1. The van der Waals surface area contributed by atoms with Gasteiger partial charge in [0.2, 0.25) is 0 Å². The number of Topliss-reactive ketones (excluding diaryl/α,β-unsaturated/α-hetero) is 1. The molecule has 0 saturated heterocycles. The fourth-order valence-corrected chi connectivity index (χ4v) is 2.56. The van der Waals surface area contributed by atoms with Crippen molar-refractivity contribution in [2.45, 2.75) is 38.2 Å².